The van der Waals surface area contributed by atoms with Crippen molar-refractivity contribution in [1.82, 2.24) is 10.3 Å². The first-order chi connectivity index (χ1) is 11.1. The number of aromatic nitrogens is 2. The topological polar surface area (TPSA) is 52.1 Å². The molecular formula is C16H11BrF2N2O2. The molecule has 0 N–H and O–H groups in total. The van der Waals surface area contributed by atoms with Crippen molar-refractivity contribution in [2.24, 2.45) is 0 Å². The van der Waals surface area contributed by atoms with Gasteiger partial charge < -0.3 is 9.05 Å². The summed E-state index contributed by atoms with van der Waals surface area (Å²) < 4.78 is 34.9. The summed E-state index contributed by atoms with van der Waals surface area (Å²) in [5.41, 5.74) is 2.58. The van der Waals surface area contributed by atoms with Gasteiger partial charge in [0, 0.05) is 28.2 Å². The molecule has 2 aromatic heterocycles. The molecule has 0 radical (unpaired) electrons. The minimum Gasteiger partial charge on any atom is -0.356 e. The highest BCUT2D eigenvalue weighted by atomic mass is 79.9. The minimum absolute atomic E-state index is 0.298. The third-order valence-corrected chi connectivity index (χ3v) is 3.78. The highest BCUT2D eigenvalue weighted by molar-refractivity contribution is 9.08. The number of halogens is 3. The number of hydrogen-bond donors (Lipinski definition) is 0. The van der Waals surface area contributed by atoms with Crippen LogP contribution in [0.15, 0.2) is 45.4 Å². The molecule has 0 aliphatic carbocycles. The summed E-state index contributed by atoms with van der Waals surface area (Å²) in [4.78, 5) is 0. The molecule has 4 nitrogen and oxygen atoms in total. The summed E-state index contributed by atoms with van der Waals surface area (Å²) in [5, 5.41) is 9.80. The number of aryl methyl sites for hydroxylation is 1. The van der Waals surface area contributed by atoms with Crippen LogP contribution in [0, 0.1) is 18.6 Å². The van der Waals surface area contributed by atoms with Gasteiger partial charge in [-0.25, -0.2) is 8.78 Å². The van der Waals surface area contributed by atoms with Gasteiger partial charge in [0.2, 0.25) is 0 Å². The molecule has 0 aliphatic rings. The second-order valence-corrected chi connectivity index (χ2v) is 5.37. The van der Waals surface area contributed by atoms with E-state index < -0.39 is 0 Å². The van der Waals surface area contributed by atoms with Gasteiger partial charge in [-0.1, -0.05) is 26.2 Å². The molecule has 0 aliphatic heterocycles. The smallest absolute Gasteiger partial charge is 0.170 e. The van der Waals surface area contributed by atoms with Crippen LogP contribution in [0.25, 0.3) is 21.9 Å². The molecule has 0 amide bonds. The predicted molar refractivity (Wildman–Crippen MR) is 85.3 cm³/mol. The van der Waals surface area contributed by atoms with E-state index in [0.29, 0.717) is 16.5 Å². The predicted octanol–water partition coefficient (Wildman–Crippen LogP) is 5.14. The van der Waals surface area contributed by atoms with Gasteiger partial charge in [0.15, 0.2) is 11.2 Å². The zero-order chi connectivity index (χ0) is 16.4. The van der Waals surface area contributed by atoms with Crippen molar-refractivity contribution in [3.05, 3.63) is 59.4 Å². The van der Waals surface area contributed by atoms with Crippen molar-refractivity contribution in [3.63, 3.8) is 0 Å². The van der Waals surface area contributed by atoms with Crippen LogP contribution in [0.3, 0.4) is 0 Å². The van der Waals surface area contributed by atoms with E-state index >= 15 is 0 Å². The van der Waals surface area contributed by atoms with Crippen LogP contribution < -0.4 is 0 Å². The maximum atomic E-state index is 12.7. The average molecular weight is 381 g/mol. The molecule has 0 atom stereocenters. The van der Waals surface area contributed by atoms with Gasteiger partial charge in [-0.2, -0.15) is 0 Å². The fourth-order valence-corrected chi connectivity index (χ4v) is 2.50. The van der Waals surface area contributed by atoms with Crippen LogP contribution in [0.4, 0.5) is 8.78 Å². The Morgan fingerprint density at radius 3 is 2.13 bits per heavy atom. The molecule has 2 aromatic carbocycles. The highest BCUT2D eigenvalue weighted by Gasteiger charge is 2.06. The highest BCUT2D eigenvalue weighted by Crippen LogP contribution is 2.21. The largest absolute Gasteiger partial charge is 0.356 e. The monoisotopic (exact) mass is 380 g/mol. The van der Waals surface area contributed by atoms with Gasteiger partial charge in [-0.05, 0) is 31.2 Å². The quantitative estimate of drug-likeness (QED) is 0.429. The molecule has 2 heterocycles. The Kier molecular flexibility index (Phi) is 4.38. The lowest BCUT2D eigenvalue weighted by atomic mass is 10.2. The molecule has 0 bridgehead atoms. The second-order valence-electron chi connectivity index (χ2n) is 4.81. The zero-order valence-electron chi connectivity index (χ0n) is 12.0. The lowest BCUT2D eigenvalue weighted by Crippen LogP contribution is -1.76. The van der Waals surface area contributed by atoms with E-state index in [9.17, 15) is 8.78 Å². The third-order valence-electron chi connectivity index (χ3n) is 3.25. The van der Waals surface area contributed by atoms with Crippen molar-refractivity contribution in [2.75, 3.05) is 0 Å². The van der Waals surface area contributed by atoms with Gasteiger partial charge in [-0.3, -0.25) is 0 Å². The van der Waals surface area contributed by atoms with E-state index in [1.165, 1.54) is 24.3 Å². The second kappa shape index (κ2) is 6.45. The van der Waals surface area contributed by atoms with Crippen LogP contribution in [-0.2, 0) is 5.33 Å². The van der Waals surface area contributed by atoms with Gasteiger partial charge in [0.05, 0.1) is 5.69 Å². The first kappa shape index (κ1) is 15.6. The lowest BCUT2D eigenvalue weighted by molar-refractivity contribution is 0.448. The summed E-state index contributed by atoms with van der Waals surface area (Å²) in [5.74, 6) is -0.603. The number of alkyl halides is 1. The normalized spacial score (nSPS) is 10.8. The van der Waals surface area contributed by atoms with Crippen LogP contribution in [0.5, 0.6) is 0 Å². The van der Waals surface area contributed by atoms with E-state index in [1.54, 1.807) is 12.1 Å². The molecule has 7 heteroatoms. The Hall–Kier alpha value is -2.28. The van der Waals surface area contributed by atoms with E-state index in [4.69, 9.17) is 9.05 Å². The van der Waals surface area contributed by atoms with Crippen molar-refractivity contribution in [3.8, 4) is 0 Å². The van der Waals surface area contributed by atoms with Gasteiger partial charge in [0.1, 0.15) is 17.3 Å². The van der Waals surface area contributed by atoms with Crippen LogP contribution >= 0.6 is 15.9 Å². The number of rotatable bonds is 1. The maximum Gasteiger partial charge on any atom is 0.170 e. The fraction of sp³-hybridized carbons (Fsp3) is 0.125. The maximum absolute atomic E-state index is 12.7. The van der Waals surface area contributed by atoms with Crippen LogP contribution in [-0.4, -0.2) is 10.3 Å². The van der Waals surface area contributed by atoms with Crippen LogP contribution in [0.1, 0.15) is 11.4 Å². The fourth-order valence-electron chi connectivity index (χ4n) is 2.10. The van der Waals surface area contributed by atoms with E-state index in [1.807, 2.05) is 6.92 Å². The number of benzene rings is 2. The molecule has 0 fully saturated rings. The minimum atomic E-state index is -0.306. The summed E-state index contributed by atoms with van der Waals surface area (Å²) in [7, 11) is 0. The molecule has 0 unspecified atom stereocenters. The lowest BCUT2D eigenvalue weighted by Gasteiger charge is -1.87. The molecule has 0 saturated heterocycles. The first-order valence-corrected chi connectivity index (χ1v) is 7.82. The molecule has 23 heavy (non-hydrogen) atoms. The van der Waals surface area contributed by atoms with Crippen molar-refractivity contribution in [2.45, 2.75) is 12.3 Å². The first-order valence-electron chi connectivity index (χ1n) is 6.70. The average Bonchev–Trinajstić information content (AvgIpc) is 3.11. The molecular weight excluding hydrogens is 370 g/mol. The molecule has 0 saturated carbocycles. The summed E-state index contributed by atoms with van der Waals surface area (Å²) in [6, 6.07) is 8.77. The number of hydrogen-bond acceptors (Lipinski definition) is 4. The van der Waals surface area contributed by atoms with E-state index in [-0.39, 0.29) is 11.6 Å². The summed E-state index contributed by atoms with van der Waals surface area (Å²) >= 11 is 3.26. The summed E-state index contributed by atoms with van der Waals surface area (Å²) in [6.07, 6.45) is 0. The molecule has 4 aromatic rings. The third kappa shape index (κ3) is 3.24. The van der Waals surface area contributed by atoms with Gasteiger partial charge in [0.25, 0.3) is 0 Å². The Morgan fingerprint density at radius 1 is 0.913 bits per heavy atom. The Morgan fingerprint density at radius 2 is 1.48 bits per heavy atom. The zero-order valence-corrected chi connectivity index (χ0v) is 13.6. The Bertz CT molecular complexity index is 965. The van der Waals surface area contributed by atoms with Crippen LogP contribution in [0.2, 0.25) is 0 Å². The van der Waals surface area contributed by atoms with Crippen molar-refractivity contribution < 1.29 is 17.8 Å². The molecule has 4 rings (SSSR count). The van der Waals surface area contributed by atoms with E-state index in [0.717, 1.165) is 22.2 Å². The van der Waals surface area contributed by atoms with Gasteiger partial charge in [-0.15, -0.1) is 0 Å². The van der Waals surface area contributed by atoms with Crippen molar-refractivity contribution in [1.29, 1.82) is 0 Å². The Labute approximate surface area is 138 Å². The number of nitrogens with zero attached hydrogens (tertiary/aromatic N) is 2. The number of fused-ring (bicyclic) bond motifs is 2. The molecule has 118 valence electrons. The van der Waals surface area contributed by atoms with Crippen molar-refractivity contribution >= 4 is 37.9 Å². The Balaban J connectivity index is 0.000000136. The SMILES string of the molecule is Cc1noc2cc(F)ccc12.Fc1ccc2c(CBr)noc2c1. The summed E-state index contributed by atoms with van der Waals surface area (Å²) in [6.45, 7) is 1.82. The van der Waals surface area contributed by atoms with E-state index in [2.05, 4.69) is 26.2 Å². The van der Waals surface area contributed by atoms with Gasteiger partial charge >= 0.3 is 0 Å². The standard InChI is InChI=1S/C8H5BrFNO.C8H6FNO/c9-4-7-6-2-1-5(10)3-8(6)12-11-7;1-5-7-3-2-6(9)4-8(7)11-10-5/h1-3H,4H2;2-4H,1H3. The molecule has 0 spiro atoms.